The molecule has 0 bridgehead atoms. The first kappa shape index (κ1) is 14.2. The van der Waals surface area contributed by atoms with E-state index in [0.29, 0.717) is 0 Å². The molecule has 0 aromatic heterocycles. The maximum absolute atomic E-state index is 3.55. The smallest absolute Gasteiger partial charge is 0.0256 e. The molecule has 2 aromatic rings. The van der Waals surface area contributed by atoms with Gasteiger partial charge in [0.05, 0.1) is 0 Å². The molecule has 0 aliphatic rings. The van der Waals surface area contributed by atoms with Gasteiger partial charge in [-0.15, -0.1) is 0 Å². The minimum absolute atomic E-state index is 0.452. The molecule has 0 unspecified atom stereocenters. The Morgan fingerprint density at radius 3 is 1.58 bits per heavy atom. The van der Waals surface area contributed by atoms with Gasteiger partial charge in [0, 0.05) is 8.07 Å². The molecule has 2 rings (SSSR count). The summed E-state index contributed by atoms with van der Waals surface area (Å²) in [5.41, 5.74) is 2.91. The van der Waals surface area contributed by atoms with Crippen LogP contribution in [0, 0.1) is 0 Å². The molecule has 0 radical (unpaired) electrons. The Morgan fingerprint density at radius 2 is 1.21 bits per heavy atom. The van der Waals surface area contributed by atoms with Gasteiger partial charge in [0.25, 0.3) is 0 Å². The van der Waals surface area contributed by atoms with E-state index in [0.717, 1.165) is 12.8 Å². The van der Waals surface area contributed by atoms with Crippen LogP contribution in [0.3, 0.4) is 0 Å². The van der Waals surface area contributed by atoms with E-state index in [1.807, 2.05) is 0 Å². The van der Waals surface area contributed by atoms with E-state index in [-0.39, 0.29) is 0 Å². The first-order valence-electron chi connectivity index (χ1n) is 6.95. The molecule has 0 saturated carbocycles. The summed E-state index contributed by atoms with van der Waals surface area (Å²) in [4.78, 5) is 0. The van der Waals surface area contributed by atoms with Gasteiger partial charge in [0.1, 0.15) is 0 Å². The molecule has 0 amide bonds. The van der Waals surface area contributed by atoms with Crippen molar-refractivity contribution in [3.05, 3.63) is 59.7 Å². The lowest BCUT2D eigenvalue weighted by atomic mass is 10.2. The maximum atomic E-state index is 3.55. The lowest BCUT2D eigenvalue weighted by Crippen LogP contribution is -2.25. The minimum atomic E-state index is -0.452. The van der Waals surface area contributed by atoms with Gasteiger partial charge in [-0.1, -0.05) is 62.4 Å². The van der Waals surface area contributed by atoms with Crippen LogP contribution in [0.25, 0.3) is 0 Å². The van der Waals surface area contributed by atoms with Crippen LogP contribution in [0.4, 0.5) is 0 Å². The molecule has 0 saturated heterocycles. The predicted octanol–water partition coefficient (Wildman–Crippen LogP) is 3.38. The molecule has 0 heterocycles. The van der Waals surface area contributed by atoms with Gasteiger partial charge in [-0.2, -0.15) is 0 Å². The third-order valence-corrected chi connectivity index (χ3v) is 5.73. The molecule has 0 aliphatic carbocycles. The zero-order valence-corrected chi connectivity index (χ0v) is 12.9. The van der Waals surface area contributed by atoms with E-state index in [4.69, 9.17) is 0 Å². The lowest BCUT2D eigenvalue weighted by molar-refractivity contribution is 1.14. The molecule has 2 aromatic carbocycles. The van der Waals surface area contributed by atoms with Gasteiger partial charge < -0.3 is 0 Å². The van der Waals surface area contributed by atoms with Crippen LogP contribution in [-0.2, 0) is 12.8 Å². The summed E-state index contributed by atoms with van der Waals surface area (Å²) >= 11 is 0. The molecule has 19 heavy (non-hydrogen) atoms. The number of aryl methyl sites for hydroxylation is 2. The topological polar surface area (TPSA) is 12.0 Å². The molecule has 0 fully saturated rings. The number of benzene rings is 2. The van der Waals surface area contributed by atoms with Gasteiger partial charge >= 0.3 is 0 Å². The van der Waals surface area contributed by atoms with E-state index < -0.39 is 8.07 Å². The average molecular weight is 271 g/mol. The van der Waals surface area contributed by atoms with Crippen LogP contribution in [0.1, 0.15) is 25.0 Å². The van der Waals surface area contributed by atoms with Crippen LogP contribution in [0.15, 0.2) is 48.5 Å². The normalized spacial score (nSPS) is 10.9. The monoisotopic (exact) mass is 271 g/mol. The highest BCUT2D eigenvalue weighted by Crippen LogP contribution is 2.31. The van der Waals surface area contributed by atoms with Gasteiger partial charge in [-0.25, -0.2) is 0 Å². The Morgan fingerprint density at radius 1 is 0.789 bits per heavy atom. The SMILES string of the molecule is CCc1ccccc1P(NC)c1ccccc1CC. The largest absolute Gasteiger partial charge is 0.292 e. The number of rotatable bonds is 5. The summed E-state index contributed by atoms with van der Waals surface area (Å²) in [6.45, 7) is 4.46. The van der Waals surface area contributed by atoms with Crippen molar-refractivity contribution in [2.75, 3.05) is 7.05 Å². The second-order valence-electron chi connectivity index (χ2n) is 4.52. The van der Waals surface area contributed by atoms with Crippen molar-refractivity contribution in [2.45, 2.75) is 26.7 Å². The Hall–Kier alpha value is -1.17. The molecule has 0 spiro atoms. The third-order valence-electron chi connectivity index (χ3n) is 3.45. The van der Waals surface area contributed by atoms with Gasteiger partial charge in [-0.05, 0) is 41.6 Å². The summed E-state index contributed by atoms with van der Waals surface area (Å²) in [5, 5.41) is 6.47. The maximum Gasteiger partial charge on any atom is 0.0256 e. The summed E-state index contributed by atoms with van der Waals surface area (Å²) in [7, 11) is 1.62. The highest BCUT2D eigenvalue weighted by atomic mass is 31.1. The van der Waals surface area contributed by atoms with E-state index in [9.17, 15) is 0 Å². The number of hydrogen-bond acceptors (Lipinski definition) is 1. The van der Waals surface area contributed by atoms with Crippen molar-refractivity contribution < 1.29 is 0 Å². The van der Waals surface area contributed by atoms with Gasteiger partial charge in [0.15, 0.2) is 0 Å². The van der Waals surface area contributed by atoms with E-state index in [1.165, 1.54) is 21.7 Å². The quantitative estimate of drug-likeness (QED) is 0.822. The molecule has 2 heteroatoms. The molecule has 100 valence electrons. The zero-order chi connectivity index (χ0) is 13.7. The molecular formula is C17H22NP. The Bertz CT molecular complexity index is 489. The molecule has 0 aliphatic heterocycles. The summed E-state index contributed by atoms with van der Waals surface area (Å²) in [6.07, 6.45) is 2.18. The standard InChI is InChI=1S/C17H22NP/c1-4-14-10-6-8-12-16(14)19(18-3)17-13-9-7-11-15(17)5-2/h6-13,18H,4-5H2,1-3H3. The fourth-order valence-electron chi connectivity index (χ4n) is 2.43. The lowest BCUT2D eigenvalue weighted by Gasteiger charge is -2.22. The van der Waals surface area contributed by atoms with Crippen molar-refractivity contribution in [1.29, 1.82) is 0 Å². The predicted molar refractivity (Wildman–Crippen MR) is 86.9 cm³/mol. The van der Waals surface area contributed by atoms with E-state index >= 15 is 0 Å². The van der Waals surface area contributed by atoms with Crippen molar-refractivity contribution >= 4 is 18.7 Å². The Kier molecular flexibility index (Phi) is 5.13. The molecule has 1 nitrogen and oxygen atoms in total. The minimum Gasteiger partial charge on any atom is -0.292 e. The zero-order valence-electron chi connectivity index (χ0n) is 12.0. The Labute approximate surface area is 117 Å². The Balaban J connectivity index is 2.50. The van der Waals surface area contributed by atoms with Crippen molar-refractivity contribution in [3.63, 3.8) is 0 Å². The molecule has 0 atom stereocenters. The number of hydrogen-bond donors (Lipinski definition) is 1. The number of nitrogens with one attached hydrogen (secondary N) is 1. The van der Waals surface area contributed by atoms with E-state index in [2.05, 4.69) is 74.5 Å². The highest BCUT2D eigenvalue weighted by molar-refractivity contribution is 7.71. The summed E-state index contributed by atoms with van der Waals surface area (Å²) in [5.74, 6) is 0. The third kappa shape index (κ3) is 3.05. The first-order chi connectivity index (χ1) is 9.31. The van der Waals surface area contributed by atoms with Crippen molar-refractivity contribution in [3.8, 4) is 0 Å². The molecule has 1 N–H and O–H groups in total. The van der Waals surface area contributed by atoms with Crippen LogP contribution in [-0.4, -0.2) is 7.05 Å². The van der Waals surface area contributed by atoms with Crippen LogP contribution in [0.2, 0.25) is 0 Å². The van der Waals surface area contributed by atoms with Crippen LogP contribution in [0.5, 0.6) is 0 Å². The average Bonchev–Trinajstić information content (AvgIpc) is 2.49. The fraction of sp³-hybridized carbons (Fsp3) is 0.294. The first-order valence-corrected chi connectivity index (χ1v) is 8.29. The summed E-state index contributed by atoms with van der Waals surface area (Å²) in [6, 6.07) is 17.6. The van der Waals surface area contributed by atoms with Gasteiger partial charge in [-0.3, -0.25) is 5.09 Å². The molecular weight excluding hydrogens is 249 g/mol. The van der Waals surface area contributed by atoms with Crippen LogP contribution < -0.4 is 15.7 Å². The van der Waals surface area contributed by atoms with Gasteiger partial charge in [0.2, 0.25) is 0 Å². The van der Waals surface area contributed by atoms with Crippen molar-refractivity contribution in [2.24, 2.45) is 0 Å². The van der Waals surface area contributed by atoms with Crippen molar-refractivity contribution in [1.82, 2.24) is 5.09 Å². The summed E-state index contributed by atoms with van der Waals surface area (Å²) < 4.78 is 0. The highest BCUT2D eigenvalue weighted by Gasteiger charge is 2.16. The second kappa shape index (κ2) is 6.84. The van der Waals surface area contributed by atoms with Crippen LogP contribution >= 0.6 is 8.07 Å². The fourth-order valence-corrected chi connectivity index (χ4v) is 4.68. The van der Waals surface area contributed by atoms with E-state index in [1.54, 1.807) is 0 Å². The second-order valence-corrected chi connectivity index (χ2v) is 6.61.